The lowest BCUT2D eigenvalue weighted by Gasteiger charge is -2.19. The van der Waals surface area contributed by atoms with Crippen LogP contribution in [0.1, 0.15) is 34.5 Å². The largest absolute Gasteiger partial charge is 0.478 e. The number of nitrogen functional groups attached to an aromatic ring is 1. The number of fused-ring (bicyclic) bond motifs is 1. The second-order valence-corrected chi connectivity index (χ2v) is 8.69. The minimum absolute atomic E-state index is 0.165. The van der Waals surface area contributed by atoms with E-state index in [9.17, 15) is 14.7 Å². The average Bonchev–Trinajstić information content (AvgIpc) is 3.35. The van der Waals surface area contributed by atoms with Crippen LogP contribution >= 0.6 is 0 Å². The summed E-state index contributed by atoms with van der Waals surface area (Å²) in [7, 11) is 0. The molecule has 1 atom stereocenters. The van der Waals surface area contributed by atoms with Crippen molar-refractivity contribution >= 4 is 28.3 Å². The summed E-state index contributed by atoms with van der Waals surface area (Å²) in [6.45, 7) is 3.81. The number of carbonyl (C=O) groups is 1. The Morgan fingerprint density at radius 2 is 1.86 bits per heavy atom. The number of hydrogen-bond donors (Lipinski definition) is 3. The molecule has 0 aliphatic carbocycles. The van der Waals surface area contributed by atoms with E-state index in [-0.39, 0.29) is 17.0 Å². The molecule has 4 N–H and O–H groups in total. The molecule has 5 rings (SSSR count). The van der Waals surface area contributed by atoms with E-state index in [2.05, 4.69) is 10.4 Å². The van der Waals surface area contributed by atoms with Gasteiger partial charge in [0.15, 0.2) is 5.43 Å². The van der Waals surface area contributed by atoms with E-state index in [1.807, 2.05) is 32.0 Å². The highest BCUT2D eigenvalue weighted by atomic mass is 16.4. The van der Waals surface area contributed by atoms with Crippen molar-refractivity contribution in [2.75, 3.05) is 11.1 Å². The standard InChI is InChI=1S/C28H24N4O4/c1-16-11-22(17(2)31-24-6-4-3-5-21(24)28(34)35)27-23(12-16)25(33)13-26(36-27)18-14-30-32(15-18)20-9-7-19(29)8-10-20/h3-15,17,31H,29H2,1-2H3,(H,34,35). The number of hydrogen-bond acceptors (Lipinski definition) is 6. The van der Waals surface area contributed by atoms with Crippen LogP contribution in [-0.2, 0) is 0 Å². The Bertz CT molecular complexity index is 1650. The minimum atomic E-state index is -1.02. The van der Waals surface area contributed by atoms with Gasteiger partial charge in [-0.3, -0.25) is 4.79 Å². The summed E-state index contributed by atoms with van der Waals surface area (Å²) in [4.78, 5) is 24.8. The van der Waals surface area contributed by atoms with Crippen LogP contribution in [0.25, 0.3) is 28.0 Å². The summed E-state index contributed by atoms with van der Waals surface area (Å²) < 4.78 is 7.97. The number of anilines is 2. The molecule has 180 valence electrons. The molecule has 3 aromatic carbocycles. The van der Waals surface area contributed by atoms with E-state index >= 15 is 0 Å². The Morgan fingerprint density at radius 1 is 1.11 bits per heavy atom. The van der Waals surface area contributed by atoms with Crippen molar-refractivity contribution in [3.8, 4) is 17.0 Å². The molecule has 0 spiro atoms. The number of benzene rings is 3. The molecular formula is C28H24N4O4. The van der Waals surface area contributed by atoms with Crippen LogP contribution in [0.15, 0.2) is 88.3 Å². The van der Waals surface area contributed by atoms with Crippen molar-refractivity contribution in [2.45, 2.75) is 19.9 Å². The average molecular weight is 481 g/mol. The third kappa shape index (κ3) is 4.32. The van der Waals surface area contributed by atoms with Gasteiger partial charge in [0.2, 0.25) is 0 Å². The molecule has 2 aromatic heterocycles. The smallest absolute Gasteiger partial charge is 0.337 e. The fourth-order valence-electron chi connectivity index (χ4n) is 4.22. The lowest BCUT2D eigenvalue weighted by molar-refractivity contribution is 0.0698. The number of aromatic nitrogens is 2. The predicted molar refractivity (Wildman–Crippen MR) is 140 cm³/mol. The fraction of sp³-hybridized carbons (Fsp3) is 0.107. The molecule has 0 aliphatic heterocycles. The van der Waals surface area contributed by atoms with E-state index in [4.69, 9.17) is 10.2 Å². The van der Waals surface area contributed by atoms with Gasteiger partial charge in [0.1, 0.15) is 11.3 Å². The third-order valence-electron chi connectivity index (χ3n) is 6.02. The number of carboxylic acid groups (broad SMARTS) is 1. The summed E-state index contributed by atoms with van der Waals surface area (Å²) in [5.41, 5.74) is 10.5. The highest BCUT2D eigenvalue weighted by Crippen LogP contribution is 2.31. The second kappa shape index (κ2) is 9.07. The normalized spacial score (nSPS) is 11.9. The lowest BCUT2D eigenvalue weighted by Crippen LogP contribution is -2.12. The van der Waals surface area contributed by atoms with E-state index in [0.717, 1.165) is 16.8 Å². The zero-order chi connectivity index (χ0) is 25.4. The van der Waals surface area contributed by atoms with Gasteiger partial charge < -0.3 is 20.6 Å². The molecule has 1 unspecified atom stereocenters. The van der Waals surface area contributed by atoms with Gasteiger partial charge in [-0.1, -0.05) is 18.2 Å². The molecule has 0 bridgehead atoms. The first kappa shape index (κ1) is 22.9. The maximum Gasteiger partial charge on any atom is 0.337 e. The summed E-state index contributed by atoms with van der Waals surface area (Å²) >= 11 is 0. The number of nitrogens with zero attached hydrogens (tertiary/aromatic N) is 2. The summed E-state index contributed by atoms with van der Waals surface area (Å²) in [6.07, 6.45) is 3.42. The van der Waals surface area contributed by atoms with Crippen LogP contribution in [-0.4, -0.2) is 20.9 Å². The van der Waals surface area contributed by atoms with E-state index < -0.39 is 5.97 Å². The van der Waals surface area contributed by atoms with Crippen LogP contribution in [0.2, 0.25) is 0 Å². The van der Waals surface area contributed by atoms with Crippen molar-refractivity contribution < 1.29 is 14.3 Å². The fourth-order valence-corrected chi connectivity index (χ4v) is 4.22. The lowest BCUT2D eigenvalue weighted by atomic mass is 10.0. The summed E-state index contributed by atoms with van der Waals surface area (Å²) in [6, 6.07) is 18.8. The summed E-state index contributed by atoms with van der Waals surface area (Å²) in [5.74, 6) is -0.635. The van der Waals surface area contributed by atoms with Gasteiger partial charge in [0.05, 0.1) is 34.4 Å². The van der Waals surface area contributed by atoms with Crippen LogP contribution in [0, 0.1) is 6.92 Å². The molecule has 0 fully saturated rings. The number of para-hydroxylation sites is 1. The van der Waals surface area contributed by atoms with Gasteiger partial charge in [-0.25, -0.2) is 9.48 Å². The minimum Gasteiger partial charge on any atom is -0.478 e. The molecule has 8 heteroatoms. The monoisotopic (exact) mass is 480 g/mol. The van der Waals surface area contributed by atoms with Crippen LogP contribution in [0.5, 0.6) is 0 Å². The van der Waals surface area contributed by atoms with Crippen molar-refractivity contribution in [1.82, 2.24) is 9.78 Å². The molecule has 0 saturated carbocycles. The molecule has 2 heterocycles. The zero-order valence-electron chi connectivity index (χ0n) is 19.7. The van der Waals surface area contributed by atoms with E-state index in [0.29, 0.717) is 33.7 Å². The quantitative estimate of drug-likeness (QED) is 0.278. The molecule has 0 radical (unpaired) electrons. The Hall–Kier alpha value is -4.85. The number of carboxylic acids is 1. The number of rotatable bonds is 6. The van der Waals surface area contributed by atoms with Crippen molar-refractivity contribution in [3.05, 3.63) is 106 Å². The maximum atomic E-state index is 13.1. The zero-order valence-corrected chi connectivity index (χ0v) is 19.7. The molecule has 0 saturated heterocycles. The molecule has 0 amide bonds. The number of nitrogens with one attached hydrogen (secondary N) is 1. The Balaban J connectivity index is 1.58. The first-order valence-electron chi connectivity index (χ1n) is 11.4. The van der Waals surface area contributed by atoms with Crippen LogP contribution in [0.4, 0.5) is 11.4 Å². The molecule has 5 aromatic rings. The Kier molecular flexibility index (Phi) is 5.77. The van der Waals surface area contributed by atoms with Gasteiger partial charge in [-0.05, 0) is 61.9 Å². The van der Waals surface area contributed by atoms with Crippen LogP contribution < -0.4 is 16.5 Å². The molecule has 0 aliphatic rings. The van der Waals surface area contributed by atoms with Gasteiger partial charge in [0.25, 0.3) is 0 Å². The topological polar surface area (TPSA) is 123 Å². The molecule has 8 nitrogen and oxygen atoms in total. The summed E-state index contributed by atoms with van der Waals surface area (Å²) in [5, 5.41) is 17.7. The predicted octanol–water partition coefficient (Wildman–Crippen LogP) is 5.41. The van der Waals surface area contributed by atoms with Gasteiger partial charge in [-0.15, -0.1) is 0 Å². The van der Waals surface area contributed by atoms with Gasteiger partial charge in [-0.2, -0.15) is 5.10 Å². The maximum absolute atomic E-state index is 13.1. The van der Waals surface area contributed by atoms with Crippen molar-refractivity contribution in [1.29, 1.82) is 0 Å². The first-order valence-corrected chi connectivity index (χ1v) is 11.4. The number of aryl methyl sites for hydroxylation is 1. The van der Waals surface area contributed by atoms with Crippen molar-refractivity contribution in [2.24, 2.45) is 0 Å². The van der Waals surface area contributed by atoms with Gasteiger partial charge >= 0.3 is 5.97 Å². The number of nitrogens with two attached hydrogens (primary N) is 1. The Labute approximate surface area is 206 Å². The van der Waals surface area contributed by atoms with Crippen molar-refractivity contribution in [3.63, 3.8) is 0 Å². The molecular weight excluding hydrogens is 456 g/mol. The third-order valence-corrected chi connectivity index (χ3v) is 6.02. The Morgan fingerprint density at radius 3 is 2.61 bits per heavy atom. The highest BCUT2D eigenvalue weighted by Gasteiger charge is 2.19. The first-order chi connectivity index (χ1) is 17.3. The molecule has 36 heavy (non-hydrogen) atoms. The number of aromatic carboxylic acids is 1. The highest BCUT2D eigenvalue weighted by molar-refractivity contribution is 5.94. The second-order valence-electron chi connectivity index (χ2n) is 8.69. The van der Waals surface area contributed by atoms with Gasteiger partial charge in [0, 0.05) is 29.2 Å². The SMILES string of the molecule is Cc1cc(C(C)Nc2ccccc2C(=O)O)c2oc(-c3cnn(-c4ccc(N)cc4)c3)cc(=O)c2c1. The van der Waals surface area contributed by atoms with E-state index in [1.165, 1.54) is 6.07 Å². The van der Waals surface area contributed by atoms with E-state index in [1.54, 1.807) is 59.5 Å². The van der Waals surface area contributed by atoms with Crippen LogP contribution in [0.3, 0.4) is 0 Å².